The second kappa shape index (κ2) is 4.18. The Balaban J connectivity index is 1.75. The van der Waals surface area contributed by atoms with E-state index in [0.29, 0.717) is 5.33 Å². The van der Waals surface area contributed by atoms with Gasteiger partial charge in [-0.15, -0.1) is 0 Å². The van der Waals surface area contributed by atoms with Gasteiger partial charge in [0.1, 0.15) is 5.82 Å². The number of nitrogens with zero attached hydrogens (tertiary/aromatic N) is 1. The molecule has 4 bridgehead atoms. The minimum absolute atomic E-state index is 0.0395. The number of hydrogen-bond acceptors (Lipinski definition) is 2. The standard InChI is InChI=1S/C15H19BrN2O/c16-7-12-8-17-14(18-13(12)19)15-4-9-1-10(5-15)3-11(2-9)6-15/h8-11H,1-7H2,(H,17,18,19). The van der Waals surface area contributed by atoms with Crippen molar-refractivity contribution in [1.29, 1.82) is 0 Å². The van der Waals surface area contributed by atoms with Gasteiger partial charge in [-0.05, 0) is 56.3 Å². The number of halogens is 1. The highest BCUT2D eigenvalue weighted by atomic mass is 79.9. The van der Waals surface area contributed by atoms with Crippen molar-refractivity contribution in [2.24, 2.45) is 17.8 Å². The van der Waals surface area contributed by atoms with E-state index in [4.69, 9.17) is 0 Å². The Kier molecular flexibility index (Phi) is 2.66. The van der Waals surface area contributed by atoms with Crippen LogP contribution in [-0.4, -0.2) is 9.97 Å². The first kappa shape index (κ1) is 12.1. The van der Waals surface area contributed by atoms with Crippen molar-refractivity contribution in [2.45, 2.75) is 49.3 Å². The summed E-state index contributed by atoms with van der Waals surface area (Å²) < 4.78 is 0. The molecule has 4 aliphatic rings. The fourth-order valence-corrected chi connectivity index (χ4v) is 5.59. The molecule has 0 aliphatic heterocycles. The Morgan fingerprint density at radius 2 is 1.79 bits per heavy atom. The monoisotopic (exact) mass is 322 g/mol. The van der Waals surface area contributed by atoms with E-state index in [2.05, 4.69) is 25.9 Å². The van der Waals surface area contributed by atoms with Crippen LogP contribution in [-0.2, 0) is 10.7 Å². The van der Waals surface area contributed by atoms with Gasteiger partial charge in [-0.3, -0.25) is 4.79 Å². The second-order valence-electron chi connectivity index (χ2n) is 6.92. The lowest BCUT2D eigenvalue weighted by molar-refractivity contribution is -0.00952. The van der Waals surface area contributed by atoms with Crippen LogP contribution >= 0.6 is 15.9 Å². The van der Waals surface area contributed by atoms with Gasteiger partial charge in [0.05, 0.1) is 0 Å². The van der Waals surface area contributed by atoms with Crippen LogP contribution in [0.4, 0.5) is 0 Å². The number of aromatic nitrogens is 2. The van der Waals surface area contributed by atoms with Crippen molar-refractivity contribution in [3.63, 3.8) is 0 Å². The predicted molar refractivity (Wildman–Crippen MR) is 77.3 cm³/mol. The van der Waals surface area contributed by atoms with Crippen molar-refractivity contribution in [3.8, 4) is 0 Å². The van der Waals surface area contributed by atoms with Gasteiger partial charge in [-0.1, -0.05) is 15.9 Å². The first-order valence-electron chi connectivity index (χ1n) is 7.33. The topological polar surface area (TPSA) is 45.8 Å². The summed E-state index contributed by atoms with van der Waals surface area (Å²) in [4.78, 5) is 19.7. The number of H-pyrrole nitrogens is 1. The highest BCUT2D eigenvalue weighted by Crippen LogP contribution is 2.59. The molecular formula is C15H19BrN2O. The molecule has 3 nitrogen and oxygen atoms in total. The fraction of sp³-hybridized carbons (Fsp3) is 0.733. The third-order valence-electron chi connectivity index (χ3n) is 5.56. The van der Waals surface area contributed by atoms with Crippen LogP contribution in [0.15, 0.2) is 11.0 Å². The van der Waals surface area contributed by atoms with Crippen molar-refractivity contribution >= 4 is 15.9 Å². The Labute approximate surface area is 121 Å². The number of rotatable bonds is 2. The van der Waals surface area contributed by atoms with Crippen LogP contribution in [0, 0.1) is 17.8 Å². The normalized spacial score (nSPS) is 39.7. The average molecular weight is 323 g/mol. The molecule has 102 valence electrons. The molecule has 1 heterocycles. The smallest absolute Gasteiger partial charge is 0.254 e. The van der Waals surface area contributed by atoms with Gasteiger partial charge in [-0.25, -0.2) is 4.98 Å². The average Bonchev–Trinajstić information content (AvgIpc) is 2.37. The highest BCUT2D eigenvalue weighted by Gasteiger charge is 2.52. The van der Waals surface area contributed by atoms with Crippen LogP contribution in [0.2, 0.25) is 0 Å². The summed E-state index contributed by atoms with van der Waals surface area (Å²) in [5.74, 6) is 3.62. The molecule has 0 amide bonds. The molecule has 0 spiro atoms. The summed E-state index contributed by atoms with van der Waals surface area (Å²) in [6.45, 7) is 0. The van der Waals surface area contributed by atoms with Crippen LogP contribution < -0.4 is 5.56 Å². The summed E-state index contributed by atoms with van der Waals surface area (Å²) in [7, 11) is 0. The van der Waals surface area contributed by atoms with E-state index < -0.39 is 0 Å². The van der Waals surface area contributed by atoms with Gasteiger partial charge >= 0.3 is 0 Å². The predicted octanol–water partition coefficient (Wildman–Crippen LogP) is 3.13. The second-order valence-corrected chi connectivity index (χ2v) is 7.48. The largest absolute Gasteiger partial charge is 0.310 e. The molecule has 19 heavy (non-hydrogen) atoms. The Morgan fingerprint density at radius 3 is 2.26 bits per heavy atom. The number of nitrogens with one attached hydrogen (secondary N) is 1. The number of hydrogen-bond donors (Lipinski definition) is 1. The van der Waals surface area contributed by atoms with Crippen LogP contribution in [0.25, 0.3) is 0 Å². The molecular weight excluding hydrogens is 304 g/mol. The molecule has 1 aromatic rings. The molecule has 0 atom stereocenters. The van der Waals surface area contributed by atoms with Crippen LogP contribution in [0.1, 0.15) is 49.9 Å². The van der Waals surface area contributed by atoms with E-state index in [9.17, 15) is 4.79 Å². The van der Waals surface area contributed by atoms with Crippen molar-refractivity contribution < 1.29 is 0 Å². The zero-order valence-corrected chi connectivity index (χ0v) is 12.6. The first-order chi connectivity index (χ1) is 9.18. The van der Waals surface area contributed by atoms with Crippen LogP contribution in [0.3, 0.4) is 0 Å². The molecule has 0 radical (unpaired) electrons. The molecule has 4 saturated carbocycles. The Hall–Kier alpha value is -0.640. The minimum atomic E-state index is 0.0395. The maximum Gasteiger partial charge on any atom is 0.254 e. The van der Waals surface area contributed by atoms with Crippen molar-refractivity contribution in [1.82, 2.24) is 9.97 Å². The third-order valence-corrected chi connectivity index (χ3v) is 6.16. The van der Waals surface area contributed by atoms with E-state index >= 15 is 0 Å². The lowest BCUT2D eigenvalue weighted by Crippen LogP contribution is -2.49. The van der Waals surface area contributed by atoms with E-state index in [0.717, 1.165) is 29.1 Å². The highest BCUT2D eigenvalue weighted by molar-refractivity contribution is 9.08. The van der Waals surface area contributed by atoms with Gasteiger partial charge < -0.3 is 4.98 Å². The van der Waals surface area contributed by atoms with E-state index in [1.54, 1.807) is 6.20 Å². The molecule has 0 aromatic carbocycles. The molecule has 1 N–H and O–H groups in total. The summed E-state index contributed by atoms with van der Waals surface area (Å²) in [6, 6.07) is 0. The molecule has 5 rings (SSSR count). The zero-order valence-electron chi connectivity index (χ0n) is 11.0. The van der Waals surface area contributed by atoms with Gasteiger partial charge in [0, 0.05) is 22.5 Å². The van der Waals surface area contributed by atoms with Gasteiger partial charge in [-0.2, -0.15) is 0 Å². The number of alkyl halides is 1. The Bertz CT molecular complexity index is 530. The molecule has 0 saturated heterocycles. The maximum atomic E-state index is 12.0. The molecule has 0 unspecified atom stereocenters. The zero-order chi connectivity index (χ0) is 13.0. The van der Waals surface area contributed by atoms with E-state index in [-0.39, 0.29) is 11.0 Å². The lowest BCUT2D eigenvalue weighted by atomic mass is 9.49. The fourth-order valence-electron chi connectivity index (χ4n) is 5.19. The van der Waals surface area contributed by atoms with E-state index in [1.165, 1.54) is 38.5 Å². The van der Waals surface area contributed by atoms with Gasteiger partial charge in [0.25, 0.3) is 5.56 Å². The SMILES string of the molecule is O=c1[nH]c(C23CC4CC(CC(C4)C2)C3)ncc1CBr. The van der Waals surface area contributed by atoms with Crippen molar-refractivity contribution in [2.75, 3.05) is 0 Å². The molecule has 1 aromatic heterocycles. The summed E-state index contributed by atoms with van der Waals surface area (Å²) in [5, 5.41) is 0.580. The van der Waals surface area contributed by atoms with Gasteiger partial charge in [0.15, 0.2) is 0 Å². The molecule has 4 heteroatoms. The first-order valence-corrected chi connectivity index (χ1v) is 8.45. The summed E-state index contributed by atoms with van der Waals surface area (Å²) in [5.41, 5.74) is 0.963. The van der Waals surface area contributed by atoms with Crippen LogP contribution in [0.5, 0.6) is 0 Å². The molecule has 4 fully saturated rings. The number of aromatic amines is 1. The minimum Gasteiger partial charge on any atom is -0.310 e. The lowest BCUT2D eigenvalue weighted by Gasteiger charge is -2.56. The Morgan fingerprint density at radius 1 is 1.21 bits per heavy atom. The summed E-state index contributed by atoms with van der Waals surface area (Å²) in [6.07, 6.45) is 9.76. The third kappa shape index (κ3) is 1.83. The quantitative estimate of drug-likeness (QED) is 0.850. The molecule has 4 aliphatic carbocycles. The van der Waals surface area contributed by atoms with Gasteiger partial charge in [0.2, 0.25) is 0 Å². The van der Waals surface area contributed by atoms with Crippen molar-refractivity contribution in [3.05, 3.63) is 27.9 Å². The van der Waals surface area contributed by atoms with E-state index in [1.807, 2.05) is 0 Å². The maximum absolute atomic E-state index is 12.0. The summed E-state index contributed by atoms with van der Waals surface area (Å²) >= 11 is 3.34.